The van der Waals surface area contributed by atoms with Crippen molar-refractivity contribution >= 4 is 27.9 Å². The van der Waals surface area contributed by atoms with E-state index in [-0.39, 0.29) is 36.9 Å². The first kappa shape index (κ1) is 37.4. The zero-order valence-electron chi connectivity index (χ0n) is 28.2. The summed E-state index contributed by atoms with van der Waals surface area (Å²) < 4.78 is 46.0. The molecule has 0 aromatic heterocycles. The molecule has 2 saturated heterocycles. The Morgan fingerprint density at radius 2 is 1.88 bits per heavy atom. The average Bonchev–Trinajstić information content (AvgIpc) is 3.69. The van der Waals surface area contributed by atoms with Crippen LogP contribution in [0.15, 0.2) is 59.5 Å². The van der Waals surface area contributed by atoms with Gasteiger partial charge in [-0.15, -0.1) is 0 Å². The molecular weight excluding hydrogens is 640 g/mol. The number of nitrogens with one attached hydrogen (secondary N) is 2. The summed E-state index contributed by atoms with van der Waals surface area (Å²) in [6, 6.07) is 14.0. The third kappa shape index (κ3) is 9.59. The van der Waals surface area contributed by atoms with Crippen molar-refractivity contribution in [3.8, 4) is 0 Å². The van der Waals surface area contributed by atoms with Crippen molar-refractivity contribution in [3.63, 3.8) is 0 Å². The molecule has 2 fully saturated rings. The van der Waals surface area contributed by atoms with Gasteiger partial charge in [-0.1, -0.05) is 56.7 Å². The highest BCUT2D eigenvalue weighted by Gasteiger charge is 2.47. The highest BCUT2D eigenvalue weighted by Crippen LogP contribution is 2.36. The van der Waals surface area contributed by atoms with Crippen molar-refractivity contribution in [2.24, 2.45) is 11.3 Å². The first-order chi connectivity index (χ1) is 22.9. The first-order valence-electron chi connectivity index (χ1n) is 16.4. The van der Waals surface area contributed by atoms with Gasteiger partial charge in [0.15, 0.2) is 6.29 Å². The molecule has 4 rings (SSSR count). The van der Waals surface area contributed by atoms with Crippen LogP contribution in [0.2, 0.25) is 0 Å². The fourth-order valence-electron chi connectivity index (χ4n) is 6.61. The monoisotopic (exact) mass is 689 g/mol. The third-order valence-electron chi connectivity index (χ3n) is 9.16. The summed E-state index contributed by atoms with van der Waals surface area (Å²) in [4.78, 5) is 25.5. The van der Waals surface area contributed by atoms with Crippen molar-refractivity contribution in [3.05, 3.63) is 60.2 Å². The molecule has 14 heteroatoms. The minimum atomic E-state index is -4.16. The normalized spacial score (nSPS) is 20.6. The molecule has 0 unspecified atom stereocenters. The lowest BCUT2D eigenvalue weighted by Crippen LogP contribution is -2.61. The van der Waals surface area contributed by atoms with E-state index < -0.39 is 52.1 Å². The van der Waals surface area contributed by atoms with Crippen LogP contribution in [-0.4, -0.2) is 106 Å². The number of carbonyl (C=O) groups is 2. The lowest BCUT2D eigenvalue weighted by Gasteiger charge is -2.43. The number of ether oxygens (including phenoxy) is 3. The predicted molar refractivity (Wildman–Crippen MR) is 178 cm³/mol. The Hall–Kier alpha value is -3.43. The molecule has 2 aliphatic heterocycles. The van der Waals surface area contributed by atoms with Gasteiger partial charge in [0, 0.05) is 38.3 Å². The molecule has 48 heavy (non-hydrogen) atoms. The number of fused-ring (bicyclic) bond motifs is 1. The van der Waals surface area contributed by atoms with Crippen LogP contribution in [0, 0.1) is 11.3 Å². The van der Waals surface area contributed by atoms with Crippen LogP contribution in [0.3, 0.4) is 0 Å². The molecule has 0 saturated carbocycles. The van der Waals surface area contributed by atoms with Gasteiger partial charge in [0.05, 0.1) is 43.4 Å². The van der Waals surface area contributed by atoms with Gasteiger partial charge in [0.25, 0.3) is 0 Å². The number of hydrogen-bond acceptors (Lipinski definition) is 10. The van der Waals surface area contributed by atoms with E-state index in [4.69, 9.17) is 9.47 Å². The minimum Gasteiger partial charge on any atom is -0.530 e. The van der Waals surface area contributed by atoms with Gasteiger partial charge in [-0.05, 0) is 54.9 Å². The van der Waals surface area contributed by atoms with E-state index in [1.807, 2.05) is 44.2 Å². The van der Waals surface area contributed by atoms with Crippen LogP contribution in [-0.2, 0) is 30.7 Å². The lowest BCUT2D eigenvalue weighted by atomic mass is 9.87. The summed E-state index contributed by atoms with van der Waals surface area (Å²) in [6.45, 7) is 4.52. The number of nitrogens with zero attached hydrogens (tertiary/aromatic N) is 2. The molecule has 2 aromatic carbocycles. The number of unbranched alkanes of at least 4 members (excludes halogenated alkanes) is 1. The van der Waals surface area contributed by atoms with E-state index in [2.05, 4.69) is 15.4 Å². The Morgan fingerprint density at radius 1 is 1.12 bits per heavy atom. The van der Waals surface area contributed by atoms with Crippen LogP contribution >= 0.6 is 0 Å². The summed E-state index contributed by atoms with van der Waals surface area (Å²) in [7, 11) is -1.17. The topological polar surface area (TPSA) is 170 Å². The number of sulfonamides is 1. The molecule has 2 amide bonds. The molecule has 5 atom stereocenters. The molecule has 266 valence electrons. The number of aliphatic hydroxyl groups is 1. The second-order valence-electron chi connectivity index (χ2n) is 13.2. The summed E-state index contributed by atoms with van der Waals surface area (Å²) in [5, 5.41) is 30.5. The lowest BCUT2D eigenvalue weighted by molar-refractivity contribution is -0.273. The molecule has 2 aromatic rings. The van der Waals surface area contributed by atoms with E-state index in [1.54, 1.807) is 19.2 Å². The number of amides is 2. The Bertz CT molecular complexity index is 1460. The molecule has 0 spiro atoms. The number of carbonyl (C=O) groups excluding carboxylic acids is 2. The number of benzene rings is 2. The summed E-state index contributed by atoms with van der Waals surface area (Å²) in [5.74, 6) is -0.231. The molecule has 2 heterocycles. The van der Waals surface area contributed by atoms with Gasteiger partial charge in [0.2, 0.25) is 10.0 Å². The molecule has 2 aliphatic rings. The minimum absolute atomic E-state index is 0.0473. The SMILES string of the molecule is CNc1cccc(S(=O)(=O)N(C[C@@H](O)[C@H](Cc2ccccc2)N(C(=O)[O-])[C@H]2CO[C@H]3OCC[C@H]32)CC(C)(C)CCCCNC(=O)OC)c1. The molecule has 0 bridgehead atoms. The number of alkyl carbamates (subject to hydrolysis) is 1. The molecule has 0 aliphatic carbocycles. The van der Waals surface area contributed by atoms with E-state index in [1.165, 1.54) is 23.5 Å². The van der Waals surface area contributed by atoms with Gasteiger partial charge in [0.1, 0.15) is 6.09 Å². The number of hydrogen-bond donors (Lipinski definition) is 3. The average molecular weight is 690 g/mol. The first-order valence-corrected chi connectivity index (χ1v) is 17.8. The van der Waals surface area contributed by atoms with Crippen molar-refractivity contribution in [1.82, 2.24) is 14.5 Å². The standard InChI is InChI=1S/C34H50N4O9S/c1-34(2,16-8-9-17-36-32(40)45-4)23-37(48(43,44)26-14-10-13-25(20-26)35-3)21-30(39)28(19-24-11-6-5-7-12-24)38(33(41)42)29-22-47-31-27(29)15-18-46-31/h5-7,10-14,20,27-31,35,39H,8-9,15-19,21-23H2,1-4H3,(H,36,40)(H,41,42)/p-1/t27-,28-,29-,30+,31+/m0/s1. The van der Waals surface area contributed by atoms with Crippen molar-refractivity contribution < 1.29 is 42.4 Å². The Kier molecular flexibility index (Phi) is 13.1. The van der Waals surface area contributed by atoms with Gasteiger partial charge >= 0.3 is 6.09 Å². The molecule has 13 nitrogen and oxygen atoms in total. The maximum Gasteiger partial charge on any atom is 0.406 e. The van der Waals surface area contributed by atoms with Crippen LogP contribution in [0.5, 0.6) is 0 Å². The second kappa shape index (κ2) is 16.8. The highest BCUT2D eigenvalue weighted by atomic mass is 32.2. The quantitative estimate of drug-likeness (QED) is 0.210. The van der Waals surface area contributed by atoms with E-state index in [0.717, 1.165) is 10.5 Å². The number of anilines is 1. The summed E-state index contributed by atoms with van der Waals surface area (Å²) in [5.41, 5.74) is 0.839. The van der Waals surface area contributed by atoms with Crippen molar-refractivity contribution in [1.29, 1.82) is 0 Å². The number of methoxy groups -OCH3 is 1. The molecule has 0 radical (unpaired) electrons. The largest absolute Gasteiger partial charge is 0.530 e. The maximum absolute atomic E-state index is 14.3. The summed E-state index contributed by atoms with van der Waals surface area (Å²) in [6.07, 6.45) is -1.23. The van der Waals surface area contributed by atoms with Crippen LogP contribution in [0.25, 0.3) is 0 Å². The second-order valence-corrected chi connectivity index (χ2v) is 15.1. The van der Waals surface area contributed by atoms with Gasteiger partial charge in [-0.3, -0.25) is 0 Å². The van der Waals surface area contributed by atoms with Crippen molar-refractivity contribution in [2.45, 2.75) is 75.3 Å². The molecular formula is C34H49N4O9S-. The zero-order valence-corrected chi connectivity index (χ0v) is 29.0. The molecule has 3 N–H and O–H groups in total. The van der Waals surface area contributed by atoms with E-state index in [9.17, 15) is 28.2 Å². The zero-order chi connectivity index (χ0) is 34.9. The number of aliphatic hydroxyl groups excluding tert-OH is 1. The fraction of sp³-hybridized carbons (Fsp3) is 0.588. The van der Waals surface area contributed by atoms with Crippen LogP contribution in [0.1, 0.15) is 45.1 Å². The van der Waals surface area contributed by atoms with Crippen LogP contribution < -0.4 is 15.7 Å². The van der Waals surface area contributed by atoms with Gasteiger partial charge < -0.3 is 44.8 Å². The number of carboxylic acid groups (broad SMARTS) is 1. The Labute approximate surface area is 283 Å². The smallest absolute Gasteiger partial charge is 0.406 e. The fourth-order valence-corrected chi connectivity index (χ4v) is 8.30. The number of rotatable bonds is 17. The van der Waals surface area contributed by atoms with Gasteiger partial charge in [-0.25, -0.2) is 13.2 Å². The Morgan fingerprint density at radius 3 is 2.56 bits per heavy atom. The third-order valence-corrected chi connectivity index (χ3v) is 11.0. The van der Waals surface area contributed by atoms with Crippen molar-refractivity contribution in [2.75, 3.05) is 52.3 Å². The predicted octanol–water partition coefficient (Wildman–Crippen LogP) is 2.65. The van der Waals surface area contributed by atoms with E-state index in [0.29, 0.717) is 44.5 Å². The van der Waals surface area contributed by atoms with Gasteiger partial charge in [-0.2, -0.15) is 4.31 Å². The Balaban J connectivity index is 1.64. The summed E-state index contributed by atoms with van der Waals surface area (Å²) >= 11 is 0. The maximum atomic E-state index is 14.3. The van der Waals surface area contributed by atoms with Crippen LogP contribution in [0.4, 0.5) is 15.3 Å². The van der Waals surface area contributed by atoms with E-state index >= 15 is 0 Å². The highest BCUT2D eigenvalue weighted by molar-refractivity contribution is 7.89.